The summed E-state index contributed by atoms with van der Waals surface area (Å²) < 4.78 is 10.1. The predicted octanol–water partition coefficient (Wildman–Crippen LogP) is 1.94. The largest absolute Gasteiger partial charge is 0.496 e. The molecule has 1 aromatic rings. The minimum absolute atomic E-state index is 0.484. The lowest BCUT2D eigenvalue weighted by atomic mass is 10.1. The Morgan fingerprint density at radius 2 is 2.19 bits per heavy atom. The molecule has 0 radical (unpaired) electrons. The van der Waals surface area contributed by atoms with E-state index >= 15 is 0 Å². The lowest BCUT2D eigenvalue weighted by molar-refractivity contribution is -0.131. The second-order valence-electron chi connectivity index (χ2n) is 3.18. The molecule has 1 rings (SSSR count). The number of carboxylic acids is 1. The predicted molar refractivity (Wildman–Crippen MR) is 60.4 cm³/mol. The summed E-state index contributed by atoms with van der Waals surface area (Å²) in [5.74, 6) is -0.350. The van der Waals surface area contributed by atoms with E-state index in [9.17, 15) is 4.79 Å². The van der Waals surface area contributed by atoms with Gasteiger partial charge in [0.2, 0.25) is 0 Å². The fourth-order valence-corrected chi connectivity index (χ4v) is 1.33. The van der Waals surface area contributed by atoms with Crippen molar-refractivity contribution < 1.29 is 19.4 Å². The molecule has 0 atom stereocenters. The van der Waals surface area contributed by atoms with E-state index in [2.05, 4.69) is 0 Å². The first kappa shape index (κ1) is 12.3. The highest BCUT2D eigenvalue weighted by Gasteiger charge is 2.02. The SMILES string of the molecule is COCc1ccc(OC)c(C=CC(=O)O)c1. The van der Waals surface area contributed by atoms with Crippen LogP contribution in [-0.2, 0) is 16.1 Å². The van der Waals surface area contributed by atoms with Gasteiger partial charge in [0, 0.05) is 18.7 Å². The topological polar surface area (TPSA) is 55.8 Å². The summed E-state index contributed by atoms with van der Waals surface area (Å²) in [7, 11) is 3.15. The zero-order chi connectivity index (χ0) is 12.0. The average Bonchev–Trinajstić information content (AvgIpc) is 2.27. The summed E-state index contributed by atoms with van der Waals surface area (Å²) in [6.07, 6.45) is 2.58. The Balaban J connectivity index is 3.01. The average molecular weight is 222 g/mol. The van der Waals surface area contributed by atoms with Crippen LogP contribution in [0.3, 0.4) is 0 Å². The van der Waals surface area contributed by atoms with Gasteiger partial charge >= 0.3 is 5.97 Å². The first-order valence-corrected chi connectivity index (χ1v) is 4.74. The maximum Gasteiger partial charge on any atom is 0.328 e. The van der Waals surface area contributed by atoms with Crippen LogP contribution in [0, 0.1) is 0 Å². The van der Waals surface area contributed by atoms with Crippen molar-refractivity contribution in [1.29, 1.82) is 0 Å². The molecule has 16 heavy (non-hydrogen) atoms. The van der Waals surface area contributed by atoms with Crippen LogP contribution in [0.1, 0.15) is 11.1 Å². The second kappa shape index (κ2) is 5.92. The van der Waals surface area contributed by atoms with Gasteiger partial charge in [0.25, 0.3) is 0 Å². The molecule has 0 unspecified atom stereocenters. The van der Waals surface area contributed by atoms with Gasteiger partial charge in [0.15, 0.2) is 0 Å². The van der Waals surface area contributed by atoms with E-state index in [1.165, 1.54) is 6.08 Å². The Kier molecular flexibility index (Phi) is 4.54. The molecule has 0 spiro atoms. The summed E-state index contributed by atoms with van der Waals surface area (Å²) in [5.41, 5.74) is 1.69. The van der Waals surface area contributed by atoms with Crippen LogP contribution in [0.2, 0.25) is 0 Å². The molecule has 0 saturated heterocycles. The lowest BCUT2D eigenvalue weighted by Crippen LogP contribution is -1.93. The summed E-state index contributed by atoms with van der Waals surface area (Å²) in [6.45, 7) is 0.484. The number of aliphatic carboxylic acids is 1. The first-order chi connectivity index (χ1) is 7.67. The second-order valence-corrected chi connectivity index (χ2v) is 3.18. The molecule has 4 nitrogen and oxygen atoms in total. The van der Waals surface area contributed by atoms with E-state index in [-0.39, 0.29) is 0 Å². The van der Waals surface area contributed by atoms with E-state index in [1.807, 2.05) is 12.1 Å². The van der Waals surface area contributed by atoms with Gasteiger partial charge < -0.3 is 14.6 Å². The van der Waals surface area contributed by atoms with E-state index in [0.29, 0.717) is 12.4 Å². The highest BCUT2D eigenvalue weighted by Crippen LogP contribution is 2.21. The van der Waals surface area contributed by atoms with Gasteiger partial charge in [-0.3, -0.25) is 0 Å². The van der Waals surface area contributed by atoms with Crippen molar-refractivity contribution in [3.8, 4) is 5.75 Å². The van der Waals surface area contributed by atoms with E-state index in [1.54, 1.807) is 20.3 Å². The van der Waals surface area contributed by atoms with Crippen LogP contribution >= 0.6 is 0 Å². The summed E-state index contributed by atoms with van der Waals surface area (Å²) in [5, 5.41) is 8.56. The van der Waals surface area contributed by atoms with Gasteiger partial charge in [-0.2, -0.15) is 0 Å². The minimum Gasteiger partial charge on any atom is -0.496 e. The van der Waals surface area contributed by atoms with Crippen LogP contribution in [0.4, 0.5) is 0 Å². The van der Waals surface area contributed by atoms with Gasteiger partial charge in [0.05, 0.1) is 13.7 Å². The maximum atomic E-state index is 10.4. The Bertz CT molecular complexity index is 396. The quantitative estimate of drug-likeness (QED) is 0.773. The molecule has 0 aromatic heterocycles. The number of benzene rings is 1. The molecule has 4 heteroatoms. The van der Waals surface area contributed by atoms with Crippen LogP contribution in [0.25, 0.3) is 6.08 Å². The molecule has 1 N–H and O–H groups in total. The van der Waals surface area contributed by atoms with Gasteiger partial charge in [-0.1, -0.05) is 6.07 Å². The zero-order valence-electron chi connectivity index (χ0n) is 9.27. The molecule has 0 heterocycles. The lowest BCUT2D eigenvalue weighted by Gasteiger charge is -2.07. The van der Waals surface area contributed by atoms with Crippen LogP contribution < -0.4 is 4.74 Å². The molecular formula is C12H14O4. The maximum absolute atomic E-state index is 10.4. The van der Waals surface area contributed by atoms with Gasteiger partial charge in [-0.25, -0.2) is 4.79 Å². The summed E-state index contributed by atoms with van der Waals surface area (Å²) >= 11 is 0. The third kappa shape index (κ3) is 3.40. The van der Waals surface area contributed by atoms with Crippen molar-refractivity contribution in [3.05, 3.63) is 35.4 Å². The minimum atomic E-state index is -0.987. The van der Waals surface area contributed by atoms with Crippen LogP contribution in [-0.4, -0.2) is 25.3 Å². The molecule has 1 aromatic carbocycles. The van der Waals surface area contributed by atoms with Crippen molar-refractivity contribution in [2.24, 2.45) is 0 Å². The number of methoxy groups -OCH3 is 2. The molecule has 0 aliphatic carbocycles. The van der Waals surface area contributed by atoms with Crippen molar-refractivity contribution in [2.45, 2.75) is 6.61 Å². The number of ether oxygens (including phenoxy) is 2. The van der Waals surface area contributed by atoms with Crippen molar-refractivity contribution in [3.63, 3.8) is 0 Å². The smallest absolute Gasteiger partial charge is 0.328 e. The summed E-state index contributed by atoms with van der Waals surface area (Å²) in [6, 6.07) is 5.50. The molecule has 0 bridgehead atoms. The number of hydrogen-bond acceptors (Lipinski definition) is 3. The summed E-state index contributed by atoms with van der Waals surface area (Å²) in [4.78, 5) is 10.4. The molecule has 0 saturated carbocycles. The normalized spacial score (nSPS) is 10.6. The first-order valence-electron chi connectivity index (χ1n) is 4.74. The molecule has 0 aliphatic rings. The standard InChI is InChI=1S/C12H14O4/c1-15-8-9-3-5-11(16-2)10(7-9)4-6-12(13)14/h3-7H,8H2,1-2H3,(H,13,14). The third-order valence-corrected chi connectivity index (χ3v) is 2.01. The van der Waals surface area contributed by atoms with E-state index < -0.39 is 5.97 Å². The number of carboxylic acid groups (broad SMARTS) is 1. The Labute approximate surface area is 94.1 Å². The molecule has 0 fully saturated rings. The highest BCUT2D eigenvalue weighted by molar-refractivity contribution is 5.85. The molecule has 86 valence electrons. The van der Waals surface area contributed by atoms with Gasteiger partial charge in [-0.15, -0.1) is 0 Å². The van der Waals surface area contributed by atoms with E-state index in [0.717, 1.165) is 17.2 Å². The Morgan fingerprint density at radius 3 is 2.75 bits per heavy atom. The van der Waals surface area contributed by atoms with Gasteiger partial charge in [-0.05, 0) is 23.8 Å². The number of rotatable bonds is 5. The molecular weight excluding hydrogens is 208 g/mol. The van der Waals surface area contributed by atoms with Gasteiger partial charge in [0.1, 0.15) is 5.75 Å². The Hall–Kier alpha value is -1.81. The van der Waals surface area contributed by atoms with E-state index in [4.69, 9.17) is 14.6 Å². The fourth-order valence-electron chi connectivity index (χ4n) is 1.33. The van der Waals surface area contributed by atoms with Crippen LogP contribution in [0.5, 0.6) is 5.75 Å². The number of hydrogen-bond donors (Lipinski definition) is 1. The zero-order valence-corrected chi connectivity index (χ0v) is 9.27. The fraction of sp³-hybridized carbons (Fsp3) is 0.250. The van der Waals surface area contributed by atoms with Crippen molar-refractivity contribution in [1.82, 2.24) is 0 Å². The monoisotopic (exact) mass is 222 g/mol. The molecule has 0 aliphatic heterocycles. The molecule has 0 amide bonds. The van der Waals surface area contributed by atoms with Crippen molar-refractivity contribution >= 4 is 12.0 Å². The van der Waals surface area contributed by atoms with Crippen LogP contribution in [0.15, 0.2) is 24.3 Å². The Morgan fingerprint density at radius 1 is 1.44 bits per heavy atom. The number of carbonyl (C=O) groups is 1. The van der Waals surface area contributed by atoms with Crippen molar-refractivity contribution in [2.75, 3.05) is 14.2 Å². The highest BCUT2D eigenvalue weighted by atomic mass is 16.5. The third-order valence-electron chi connectivity index (χ3n) is 2.01.